The Morgan fingerprint density at radius 3 is 2.63 bits per heavy atom. The van der Waals surface area contributed by atoms with Crippen molar-refractivity contribution in [2.45, 2.75) is 33.5 Å². The van der Waals surface area contributed by atoms with Gasteiger partial charge in [-0.2, -0.15) is 0 Å². The Morgan fingerprint density at radius 1 is 1.19 bits per heavy atom. The molecule has 9 heteroatoms. The van der Waals surface area contributed by atoms with Crippen molar-refractivity contribution < 1.29 is 23.1 Å². The molecule has 2 heterocycles. The number of nitrogens with zero attached hydrogens (tertiary/aromatic N) is 2. The number of hydrogen-bond acceptors (Lipinski definition) is 7. The molecule has 2 aromatic heterocycles. The molecule has 0 unspecified atom stereocenters. The van der Waals surface area contributed by atoms with Crippen LogP contribution in [-0.2, 0) is 16.1 Å². The lowest BCUT2D eigenvalue weighted by Gasteiger charge is -2.14. The summed E-state index contributed by atoms with van der Waals surface area (Å²) in [5, 5.41) is 8.58. The molecule has 3 aromatic rings. The molecule has 1 aromatic carbocycles. The van der Waals surface area contributed by atoms with Crippen LogP contribution in [0, 0.1) is 13.8 Å². The van der Waals surface area contributed by atoms with Gasteiger partial charge in [-0.3, -0.25) is 0 Å². The van der Waals surface area contributed by atoms with Gasteiger partial charge < -0.3 is 18.3 Å². The zero-order valence-corrected chi connectivity index (χ0v) is 16.3. The van der Waals surface area contributed by atoms with E-state index in [4.69, 9.17) is 41.5 Å². The van der Waals surface area contributed by atoms with Crippen LogP contribution in [0.3, 0.4) is 0 Å². The van der Waals surface area contributed by atoms with Gasteiger partial charge in [0.15, 0.2) is 12.7 Å². The van der Waals surface area contributed by atoms with Crippen LogP contribution in [0.2, 0.25) is 10.0 Å². The Bertz CT molecular complexity index is 967. The number of benzene rings is 1. The fourth-order valence-corrected chi connectivity index (χ4v) is 2.78. The van der Waals surface area contributed by atoms with Gasteiger partial charge in [0, 0.05) is 5.02 Å². The minimum Gasteiger partial charge on any atom is -0.477 e. The maximum absolute atomic E-state index is 12.1. The van der Waals surface area contributed by atoms with Crippen molar-refractivity contribution in [2.24, 2.45) is 0 Å². The molecule has 142 valence electrons. The maximum atomic E-state index is 12.1. The second kappa shape index (κ2) is 8.02. The zero-order chi connectivity index (χ0) is 19.6. The largest absolute Gasteiger partial charge is 0.477 e. The van der Waals surface area contributed by atoms with E-state index in [0.29, 0.717) is 33.0 Å². The highest BCUT2D eigenvalue weighted by Gasteiger charge is 2.20. The number of hydrogen-bond donors (Lipinski definition) is 0. The van der Waals surface area contributed by atoms with Crippen LogP contribution in [0.25, 0.3) is 11.5 Å². The van der Waals surface area contributed by atoms with Crippen molar-refractivity contribution in [3.05, 3.63) is 51.7 Å². The molecule has 0 aliphatic carbocycles. The fraction of sp³-hybridized carbons (Fsp3) is 0.278. The Balaban J connectivity index is 1.58. The van der Waals surface area contributed by atoms with Crippen LogP contribution < -0.4 is 4.74 Å². The summed E-state index contributed by atoms with van der Waals surface area (Å²) in [6.07, 6.45) is -0.884. The molecule has 0 bridgehead atoms. The van der Waals surface area contributed by atoms with Gasteiger partial charge >= 0.3 is 5.97 Å². The van der Waals surface area contributed by atoms with Gasteiger partial charge in [0.25, 0.3) is 11.8 Å². The van der Waals surface area contributed by atoms with E-state index >= 15 is 0 Å². The van der Waals surface area contributed by atoms with Crippen LogP contribution in [0.4, 0.5) is 0 Å². The molecule has 3 rings (SSSR count). The number of aryl methyl sites for hydroxylation is 2. The highest BCUT2D eigenvalue weighted by atomic mass is 35.5. The Hall–Kier alpha value is -2.51. The van der Waals surface area contributed by atoms with Crippen molar-refractivity contribution in [3.63, 3.8) is 0 Å². The van der Waals surface area contributed by atoms with E-state index < -0.39 is 12.1 Å². The molecule has 1 atom stereocenters. The molecular weight excluding hydrogens is 395 g/mol. The van der Waals surface area contributed by atoms with E-state index in [2.05, 4.69) is 10.2 Å². The second-order valence-electron chi connectivity index (χ2n) is 5.77. The Kier molecular flexibility index (Phi) is 5.72. The Morgan fingerprint density at radius 2 is 1.96 bits per heavy atom. The molecular formula is C18H16Cl2N2O5. The van der Waals surface area contributed by atoms with Gasteiger partial charge in [-0.15, -0.1) is 10.2 Å². The van der Waals surface area contributed by atoms with Crippen LogP contribution in [0.15, 0.2) is 33.1 Å². The number of carbonyl (C=O) groups is 1. The first-order valence-corrected chi connectivity index (χ1v) is 8.77. The molecule has 0 saturated heterocycles. The summed E-state index contributed by atoms with van der Waals surface area (Å²) >= 11 is 11.9. The standard InChI is InChI=1S/C18H16Cl2N2O5/c1-9-6-13(10(2)25-9)17-22-21-16(27-17)8-24-18(23)11(3)26-15-5-4-12(19)7-14(15)20/h4-7,11H,8H2,1-3H3/t11-/m0/s1. The van der Waals surface area contributed by atoms with E-state index in [9.17, 15) is 4.79 Å². The minimum atomic E-state index is -0.884. The summed E-state index contributed by atoms with van der Waals surface area (Å²) in [4.78, 5) is 12.1. The number of aromatic nitrogens is 2. The van der Waals surface area contributed by atoms with Gasteiger partial charge in [0.1, 0.15) is 17.3 Å². The van der Waals surface area contributed by atoms with Crippen molar-refractivity contribution in [2.75, 3.05) is 0 Å². The molecule has 0 aliphatic heterocycles. The van der Waals surface area contributed by atoms with Crippen molar-refractivity contribution in [1.29, 1.82) is 0 Å². The van der Waals surface area contributed by atoms with Gasteiger partial charge in [0.05, 0.1) is 10.6 Å². The molecule has 0 aliphatic rings. The normalized spacial score (nSPS) is 12.0. The molecule has 0 amide bonds. The molecule has 0 saturated carbocycles. The van der Waals surface area contributed by atoms with Gasteiger partial charge in [-0.25, -0.2) is 4.79 Å². The summed E-state index contributed by atoms with van der Waals surface area (Å²) in [5.74, 6) is 1.59. The lowest BCUT2D eigenvalue weighted by atomic mass is 10.2. The van der Waals surface area contributed by atoms with Crippen LogP contribution in [0.5, 0.6) is 5.75 Å². The third-order valence-corrected chi connectivity index (χ3v) is 4.14. The number of furan rings is 1. The Labute approximate surface area is 165 Å². The molecule has 0 spiro atoms. The predicted molar refractivity (Wildman–Crippen MR) is 97.8 cm³/mol. The van der Waals surface area contributed by atoms with E-state index in [1.165, 1.54) is 6.07 Å². The first-order valence-electron chi connectivity index (χ1n) is 8.01. The van der Waals surface area contributed by atoms with Gasteiger partial charge in [-0.05, 0) is 45.0 Å². The summed E-state index contributed by atoms with van der Waals surface area (Å²) in [6, 6.07) is 6.51. The van der Waals surface area contributed by atoms with Crippen molar-refractivity contribution >= 4 is 29.2 Å². The summed E-state index contributed by atoms with van der Waals surface area (Å²) in [7, 11) is 0. The molecule has 0 N–H and O–H groups in total. The fourth-order valence-electron chi connectivity index (χ4n) is 2.32. The third kappa shape index (κ3) is 4.61. The zero-order valence-electron chi connectivity index (χ0n) is 14.8. The smallest absolute Gasteiger partial charge is 0.347 e. The van der Waals surface area contributed by atoms with Crippen molar-refractivity contribution in [1.82, 2.24) is 10.2 Å². The van der Waals surface area contributed by atoms with Crippen molar-refractivity contribution in [3.8, 4) is 17.2 Å². The maximum Gasteiger partial charge on any atom is 0.347 e. The predicted octanol–water partition coefficient (Wildman–Crippen LogP) is 4.76. The average Bonchev–Trinajstić information content (AvgIpc) is 3.20. The van der Waals surface area contributed by atoms with E-state index in [1.807, 2.05) is 6.92 Å². The SMILES string of the molecule is Cc1cc(-c2nnc(COC(=O)[C@H](C)Oc3ccc(Cl)cc3Cl)o2)c(C)o1. The lowest BCUT2D eigenvalue weighted by Crippen LogP contribution is -2.26. The molecule has 0 radical (unpaired) electrons. The van der Waals surface area contributed by atoms with Crippen LogP contribution >= 0.6 is 23.2 Å². The number of ether oxygens (including phenoxy) is 2. The van der Waals surface area contributed by atoms with Crippen LogP contribution in [0.1, 0.15) is 24.3 Å². The van der Waals surface area contributed by atoms with E-state index in [0.717, 1.165) is 5.76 Å². The number of esters is 1. The topological polar surface area (TPSA) is 87.6 Å². The first kappa shape index (κ1) is 19.3. The highest BCUT2D eigenvalue weighted by Crippen LogP contribution is 2.28. The molecule has 27 heavy (non-hydrogen) atoms. The number of rotatable bonds is 6. The lowest BCUT2D eigenvalue weighted by molar-refractivity contribution is -0.153. The second-order valence-corrected chi connectivity index (χ2v) is 6.61. The highest BCUT2D eigenvalue weighted by molar-refractivity contribution is 6.35. The molecule has 0 fully saturated rings. The monoisotopic (exact) mass is 410 g/mol. The number of halogens is 2. The summed E-state index contributed by atoms with van der Waals surface area (Å²) in [6.45, 7) is 4.99. The van der Waals surface area contributed by atoms with Gasteiger partial charge in [0.2, 0.25) is 0 Å². The quantitative estimate of drug-likeness (QED) is 0.540. The van der Waals surface area contributed by atoms with Gasteiger partial charge in [-0.1, -0.05) is 23.2 Å². The van der Waals surface area contributed by atoms with E-state index in [-0.39, 0.29) is 12.5 Å². The van der Waals surface area contributed by atoms with Crippen LogP contribution in [-0.4, -0.2) is 22.3 Å². The third-order valence-electron chi connectivity index (χ3n) is 3.61. The summed E-state index contributed by atoms with van der Waals surface area (Å²) < 4.78 is 21.6. The summed E-state index contributed by atoms with van der Waals surface area (Å²) in [5.41, 5.74) is 0.701. The molecule has 7 nitrogen and oxygen atoms in total. The average molecular weight is 411 g/mol. The van der Waals surface area contributed by atoms with E-state index in [1.54, 1.807) is 32.0 Å². The minimum absolute atomic E-state index is 0.160. The first-order chi connectivity index (χ1) is 12.8. The number of carbonyl (C=O) groups excluding carboxylic acids is 1.